The summed E-state index contributed by atoms with van der Waals surface area (Å²) in [4.78, 5) is 23.6. The van der Waals surface area contributed by atoms with Crippen LogP contribution in [0.25, 0.3) is 0 Å². The van der Waals surface area contributed by atoms with Gasteiger partial charge in [-0.25, -0.2) is 0 Å². The first kappa shape index (κ1) is 13.9. The molecule has 2 unspecified atom stereocenters. The van der Waals surface area contributed by atoms with Crippen LogP contribution in [0.1, 0.15) is 34.6 Å². The molecule has 2 N–H and O–H groups in total. The molecule has 0 saturated carbocycles. The normalized spacial score (nSPS) is 20.3. The smallest absolute Gasteiger partial charge is 0.270 e. The zero-order chi connectivity index (χ0) is 15.1. The summed E-state index contributed by atoms with van der Waals surface area (Å²) in [5, 5.41) is 6.28. The van der Waals surface area contributed by atoms with E-state index in [0.717, 1.165) is 22.6 Å². The zero-order valence-corrected chi connectivity index (χ0v) is 12.6. The second-order valence-corrected chi connectivity index (χ2v) is 5.91. The van der Waals surface area contributed by atoms with E-state index in [1.807, 2.05) is 18.2 Å². The second-order valence-electron chi connectivity index (χ2n) is 5.50. The fourth-order valence-corrected chi connectivity index (χ4v) is 3.22. The monoisotopic (exact) mass is 305 g/mol. The number of halogens is 1. The van der Waals surface area contributed by atoms with Crippen LogP contribution in [0.15, 0.2) is 29.1 Å². The molecule has 2 aromatic rings. The summed E-state index contributed by atoms with van der Waals surface area (Å²) in [5.41, 5.74) is 2.19. The van der Waals surface area contributed by atoms with Crippen LogP contribution < -0.4 is 10.9 Å². The molecule has 1 amide bonds. The molecule has 0 spiro atoms. The molecule has 1 aromatic carbocycles. The van der Waals surface area contributed by atoms with Crippen molar-refractivity contribution in [3.63, 3.8) is 0 Å². The number of carbonyl (C=O) groups excluding carboxylic acids is 1. The van der Waals surface area contributed by atoms with Gasteiger partial charge in [-0.15, -0.1) is 0 Å². The molecule has 21 heavy (non-hydrogen) atoms. The summed E-state index contributed by atoms with van der Waals surface area (Å²) in [6.45, 7) is 2.08. The Labute approximate surface area is 126 Å². The average molecular weight is 306 g/mol. The molecule has 0 aliphatic heterocycles. The fraction of sp³-hybridized carbons (Fsp3) is 0.333. The number of rotatable bonds is 2. The van der Waals surface area contributed by atoms with E-state index in [0.29, 0.717) is 5.69 Å². The van der Waals surface area contributed by atoms with Crippen molar-refractivity contribution >= 4 is 17.5 Å². The Hall–Kier alpha value is -2.01. The molecule has 1 aliphatic carbocycles. The number of amides is 1. The minimum absolute atomic E-state index is 0.0868. The number of aryl methyl sites for hydroxylation is 1. The van der Waals surface area contributed by atoms with Gasteiger partial charge in [0.15, 0.2) is 0 Å². The van der Waals surface area contributed by atoms with Gasteiger partial charge in [0, 0.05) is 18.1 Å². The minimum atomic E-state index is -0.287. The lowest BCUT2D eigenvalue weighted by Gasteiger charge is -2.18. The average Bonchev–Trinajstić information content (AvgIpc) is 2.92. The van der Waals surface area contributed by atoms with Crippen molar-refractivity contribution in [1.82, 2.24) is 15.1 Å². The summed E-state index contributed by atoms with van der Waals surface area (Å²) >= 11 is 6.22. The summed E-state index contributed by atoms with van der Waals surface area (Å²) in [6, 6.07) is 6.97. The predicted octanol–water partition coefficient (Wildman–Crippen LogP) is 2.03. The number of hydrogen-bond donors (Lipinski definition) is 2. The number of carbonyl (C=O) groups is 1. The number of fused-ring (bicyclic) bond motifs is 1. The largest absolute Gasteiger partial charge is 0.344 e. The van der Waals surface area contributed by atoms with E-state index in [2.05, 4.69) is 17.3 Å². The summed E-state index contributed by atoms with van der Waals surface area (Å²) in [7, 11) is 1.64. The van der Waals surface area contributed by atoms with Gasteiger partial charge in [-0.05, 0) is 29.5 Å². The predicted molar refractivity (Wildman–Crippen MR) is 80.6 cm³/mol. The molecule has 0 radical (unpaired) electrons. The molecule has 0 fully saturated rings. The molecule has 1 heterocycles. The first-order valence-corrected chi connectivity index (χ1v) is 7.19. The summed E-state index contributed by atoms with van der Waals surface area (Å²) < 4.78 is 1.43. The highest BCUT2D eigenvalue weighted by Gasteiger charge is 2.32. The third kappa shape index (κ3) is 2.38. The minimum Gasteiger partial charge on any atom is -0.344 e. The van der Waals surface area contributed by atoms with Crippen molar-refractivity contribution in [3.05, 3.63) is 56.5 Å². The lowest BCUT2D eigenvalue weighted by Crippen LogP contribution is -2.31. The van der Waals surface area contributed by atoms with Crippen LogP contribution in [0, 0.1) is 5.92 Å². The van der Waals surface area contributed by atoms with Crippen molar-refractivity contribution in [3.8, 4) is 0 Å². The van der Waals surface area contributed by atoms with Crippen LogP contribution in [-0.2, 0) is 13.5 Å². The van der Waals surface area contributed by atoms with Gasteiger partial charge in [0.25, 0.3) is 11.5 Å². The molecule has 2 atom stereocenters. The van der Waals surface area contributed by atoms with E-state index in [9.17, 15) is 9.59 Å². The molecule has 1 aromatic heterocycles. The first-order chi connectivity index (χ1) is 9.97. The third-order valence-electron chi connectivity index (χ3n) is 4.01. The number of hydrogen-bond acceptors (Lipinski definition) is 2. The standard InChI is InChI=1S/C15H16ClN3O2/c1-8-6-10-9(4-3-5-11(10)16)14(8)17-15(21)12-7-13(20)18-19(12)2/h3-5,7-8,14H,6H2,1-2H3,(H,17,21)(H,18,20). The number of benzene rings is 1. The zero-order valence-electron chi connectivity index (χ0n) is 11.8. The molecule has 3 rings (SSSR count). The van der Waals surface area contributed by atoms with Crippen LogP contribution in [0.3, 0.4) is 0 Å². The van der Waals surface area contributed by atoms with Crippen molar-refractivity contribution in [2.75, 3.05) is 0 Å². The Morgan fingerprint density at radius 2 is 2.24 bits per heavy atom. The number of aromatic amines is 1. The summed E-state index contributed by atoms with van der Waals surface area (Å²) in [5.74, 6) is 0.000320. The Bertz CT molecular complexity index is 763. The summed E-state index contributed by atoms with van der Waals surface area (Å²) in [6.07, 6.45) is 0.839. The molecule has 5 nitrogen and oxygen atoms in total. The van der Waals surface area contributed by atoms with Crippen LogP contribution in [-0.4, -0.2) is 15.7 Å². The van der Waals surface area contributed by atoms with E-state index in [-0.39, 0.29) is 23.4 Å². The topological polar surface area (TPSA) is 66.9 Å². The molecular formula is C15H16ClN3O2. The van der Waals surface area contributed by atoms with E-state index < -0.39 is 0 Å². The molecule has 1 aliphatic rings. The Kier molecular flexibility index (Phi) is 3.37. The Morgan fingerprint density at radius 1 is 1.48 bits per heavy atom. The maximum atomic E-state index is 12.4. The second kappa shape index (κ2) is 5.07. The fourth-order valence-electron chi connectivity index (χ4n) is 2.96. The van der Waals surface area contributed by atoms with Crippen LogP contribution >= 0.6 is 11.6 Å². The van der Waals surface area contributed by atoms with E-state index in [4.69, 9.17) is 11.6 Å². The lowest BCUT2D eigenvalue weighted by molar-refractivity contribution is 0.0917. The highest BCUT2D eigenvalue weighted by Crippen LogP contribution is 2.39. The van der Waals surface area contributed by atoms with E-state index >= 15 is 0 Å². The lowest BCUT2D eigenvalue weighted by atomic mass is 10.0. The molecule has 0 saturated heterocycles. The van der Waals surface area contributed by atoms with Gasteiger partial charge in [-0.2, -0.15) is 0 Å². The number of H-pyrrole nitrogens is 1. The van der Waals surface area contributed by atoms with Gasteiger partial charge >= 0.3 is 0 Å². The van der Waals surface area contributed by atoms with Gasteiger partial charge in [0.2, 0.25) is 0 Å². The van der Waals surface area contributed by atoms with Gasteiger partial charge in [0.1, 0.15) is 5.69 Å². The van der Waals surface area contributed by atoms with Crippen LogP contribution in [0.5, 0.6) is 0 Å². The maximum Gasteiger partial charge on any atom is 0.270 e. The van der Waals surface area contributed by atoms with Crippen LogP contribution in [0.4, 0.5) is 0 Å². The molecule has 6 heteroatoms. The van der Waals surface area contributed by atoms with Crippen LogP contribution in [0.2, 0.25) is 5.02 Å². The van der Waals surface area contributed by atoms with Crippen molar-refractivity contribution in [1.29, 1.82) is 0 Å². The molecule has 0 bridgehead atoms. The Morgan fingerprint density at radius 3 is 2.90 bits per heavy atom. The SMILES string of the molecule is CC1Cc2c(Cl)cccc2C1NC(=O)c1cc(=O)[nH]n1C. The quantitative estimate of drug-likeness (QED) is 0.891. The molecule has 110 valence electrons. The van der Waals surface area contributed by atoms with Crippen molar-refractivity contribution in [2.24, 2.45) is 13.0 Å². The first-order valence-electron chi connectivity index (χ1n) is 6.81. The third-order valence-corrected chi connectivity index (χ3v) is 4.37. The molecular weight excluding hydrogens is 290 g/mol. The van der Waals surface area contributed by atoms with Gasteiger partial charge < -0.3 is 5.32 Å². The van der Waals surface area contributed by atoms with Crippen molar-refractivity contribution < 1.29 is 4.79 Å². The number of aromatic nitrogens is 2. The van der Waals surface area contributed by atoms with E-state index in [1.54, 1.807) is 7.05 Å². The Balaban J connectivity index is 1.89. The number of nitrogens with zero attached hydrogens (tertiary/aromatic N) is 1. The maximum absolute atomic E-state index is 12.4. The van der Waals surface area contributed by atoms with Gasteiger partial charge in [-0.3, -0.25) is 19.4 Å². The highest BCUT2D eigenvalue weighted by molar-refractivity contribution is 6.31. The van der Waals surface area contributed by atoms with E-state index in [1.165, 1.54) is 10.7 Å². The van der Waals surface area contributed by atoms with Gasteiger partial charge in [0.05, 0.1) is 6.04 Å². The van der Waals surface area contributed by atoms with Gasteiger partial charge in [-0.1, -0.05) is 30.7 Å². The highest BCUT2D eigenvalue weighted by atomic mass is 35.5. The number of nitrogens with one attached hydrogen (secondary N) is 2. The van der Waals surface area contributed by atoms with Crippen molar-refractivity contribution in [2.45, 2.75) is 19.4 Å².